The predicted octanol–water partition coefficient (Wildman–Crippen LogP) is 5.72. The number of rotatable bonds is 4. The Bertz CT molecular complexity index is 369. The lowest BCUT2D eigenvalue weighted by Gasteiger charge is -2.25. The zero-order valence-corrected chi connectivity index (χ0v) is 13.7. The quantitative estimate of drug-likeness (QED) is 0.598. The van der Waals surface area contributed by atoms with Crippen LogP contribution in [-0.2, 0) is 6.42 Å². The van der Waals surface area contributed by atoms with Crippen molar-refractivity contribution in [3.8, 4) is 0 Å². The van der Waals surface area contributed by atoms with Gasteiger partial charge in [0, 0.05) is 9.30 Å². The lowest BCUT2D eigenvalue weighted by molar-refractivity contribution is 0.380. The average molecular weight is 366 g/mol. The van der Waals surface area contributed by atoms with E-state index in [-0.39, 0.29) is 11.2 Å². The van der Waals surface area contributed by atoms with Crippen molar-refractivity contribution in [3.63, 3.8) is 0 Å². The Labute approximate surface area is 120 Å². The lowest BCUT2D eigenvalue weighted by atomic mass is 9.89. The van der Waals surface area contributed by atoms with Crippen LogP contribution in [0.25, 0.3) is 0 Å². The summed E-state index contributed by atoms with van der Waals surface area (Å²) in [7, 11) is 0. The normalized spacial score (nSPS) is 13.8. The molecule has 3 heteroatoms. The third-order valence-corrected chi connectivity index (χ3v) is 5.46. The molecular formula is C14H19Br2F. The Hall–Kier alpha value is 0.110. The van der Waals surface area contributed by atoms with Gasteiger partial charge in [0.15, 0.2) is 0 Å². The zero-order valence-electron chi connectivity index (χ0n) is 10.6. The van der Waals surface area contributed by atoms with Crippen molar-refractivity contribution in [2.75, 3.05) is 0 Å². The molecule has 0 radical (unpaired) electrons. The maximum Gasteiger partial charge on any atom is 0.123 e. The molecule has 0 N–H and O–H groups in total. The summed E-state index contributed by atoms with van der Waals surface area (Å²) >= 11 is 7.18. The summed E-state index contributed by atoms with van der Waals surface area (Å²) in [6.07, 6.45) is 3.08. The second-order valence-electron chi connectivity index (χ2n) is 5.46. The molecule has 0 amide bonds. The van der Waals surface area contributed by atoms with Crippen LogP contribution in [0.15, 0.2) is 22.7 Å². The molecule has 0 nitrogen and oxygen atoms in total. The predicted molar refractivity (Wildman–Crippen MR) is 79.2 cm³/mol. The fourth-order valence-corrected chi connectivity index (χ4v) is 2.41. The highest BCUT2D eigenvalue weighted by Gasteiger charge is 2.21. The summed E-state index contributed by atoms with van der Waals surface area (Å²) in [4.78, 5) is 0.502. The van der Waals surface area contributed by atoms with Crippen LogP contribution in [0.3, 0.4) is 0 Å². The van der Waals surface area contributed by atoms with E-state index in [1.54, 1.807) is 12.1 Å². The van der Waals surface area contributed by atoms with Crippen LogP contribution in [0, 0.1) is 11.2 Å². The Balaban J connectivity index is 2.49. The van der Waals surface area contributed by atoms with E-state index in [1.807, 2.05) is 0 Å². The Morgan fingerprint density at radius 1 is 1.29 bits per heavy atom. The van der Waals surface area contributed by atoms with Gasteiger partial charge in [-0.15, -0.1) is 0 Å². The van der Waals surface area contributed by atoms with Gasteiger partial charge in [0.2, 0.25) is 0 Å². The number of alkyl halides is 1. The largest absolute Gasteiger partial charge is 0.207 e. The maximum absolute atomic E-state index is 13.1. The molecule has 0 aliphatic carbocycles. The minimum absolute atomic E-state index is 0.158. The minimum Gasteiger partial charge on any atom is -0.207 e. The first-order chi connectivity index (χ1) is 7.80. The molecule has 1 aromatic rings. The summed E-state index contributed by atoms with van der Waals surface area (Å²) in [5.74, 6) is -0.158. The molecule has 17 heavy (non-hydrogen) atoms. The fraction of sp³-hybridized carbons (Fsp3) is 0.571. The first-order valence-electron chi connectivity index (χ1n) is 5.88. The van der Waals surface area contributed by atoms with Crippen LogP contribution in [0.5, 0.6) is 0 Å². The maximum atomic E-state index is 13.1. The summed E-state index contributed by atoms with van der Waals surface area (Å²) in [6.45, 7) is 6.68. The van der Waals surface area contributed by atoms with Gasteiger partial charge in [-0.05, 0) is 48.4 Å². The average Bonchev–Trinajstić information content (AvgIpc) is 2.21. The van der Waals surface area contributed by atoms with Gasteiger partial charge < -0.3 is 0 Å². The smallest absolute Gasteiger partial charge is 0.123 e. The van der Waals surface area contributed by atoms with Crippen LogP contribution < -0.4 is 0 Å². The molecule has 0 fully saturated rings. The molecule has 0 saturated carbocycles. The fourth-order valence-electron chi connectivity index (χ4n) is 1.64. The number of benzene rings is 1. The summed E-state index contributed by atoms with van der Waals surface area (Å²) in [6, 6.07) is 4.88. The Kier molecular flexibility index (Phi) is 5.65. The topological polar surface area (TPSA) is 0 Å². The van der Waals surface area contributed by atoms with Gasteiger partial charge in [-0.3, -0.25) is 0 Å². The molecule has 96 valence electrons. The number of hydrogen-bond acceptors (Lipinski definition) is 0. The molecule has 0 bridgehead atoms. The van der Waals surface area contributed by atoms with E-state index in [1.165, 1.54) is 6.07 Å². The molecule has 1 aromatic carbocycles. The first-order valence-corrected chi connectivity index (χ1v) is 7.59. The second kappa shape index (κ2) is 6.33. The highest BCUT2D eigenvalue weighted by molar-refractivity contribution is 9.10. The van der Waals surface area contributed by atoms with E-state index >= 15 is 0 Å². The van der Waals surface area contributed by atoms with E-state index in [9.17, 15) is 4.39 Å². The van der Waals surface area contributed by atoms with Crippen molar-refractivity contribution in [3.05, 3.63) is 34.1 Å². The van der Waals surface area contributed by atoms with Crippen molar-refractivity contribution in [1.29, 1.82) is 0 Å². The molecule has 1 rings (SSSR count). The van der Waals surface area contributed by atoms with Gasteiger partial charge in [0.25, 0.3) is 0 Å². The summed E-state index contributed by atoms with van der Waals surface area (Å²) in [5.41, 5.74) is 1.33. The van der Waals surface area contributed by atoms with Gasteiger partial charge >= 0.3 is 0 Å². The molecule has 0 aromatic heterocycles. The minimum atomic E-state index is -0.158. The molecule has 0 spiro atoms. The Morgan fingerprint density at radius 2 is 1.94 bits per heavy atom. The number of halogens is 3. The summed E-state index contributed by atoms with van der Waals surface area (Å²) < 4.78 is 14.1. The molecule has 1 unspecified atom stereocenters. The summed E-state index contributed by atoms with van der Waals surface area (Å²) in [5, 5.41) is 0. The van der Waals surface area contributed by atoms with Crippen molar-refractivity contribution in [2.24, 2.45) is 5.41 Å². The number of aryl methyl sites for hydroxylation is 1. The van der Waals surface area contributed by atoms with E-state index < -0.39 is 0 Å². The van der Waals surface area contributed by atoms with Crippen LogP contribution in [0.2, 0.25) is 0 Å². The molecule has 1 atom stereocenters. The van der Waals surface area contributed by atoms with Gasteiger partial charge in [0.05, 0.1) is 0 Å². The van der Waals surface area contributed by atoms with E-state index in [0.29, 0.717) is 4.83 Å². The third-order valence-electron chi connectivity index (χ3n) is 2.85. The monoisotopic (exact) mass is 364 g/mol. The van der Waals surface area contributed by atoms with Crippen LogP contribution in [0.1, 0.15) is 39.2 Å². The van der Waals surface area contributed by atoms with E-state index in [0.717, 1.165) is 29.3 Å². The third kappa shape index (κ3) is 5.09. The van der Waals surface area contributed by atoms with E-state index in [2.05, 4.69) is 52.6 Å². The van der Waals surface area contributed by atoms with E-state index in [4.69, 9.17) is 0 Å². The van der Waals surface area contributed by atoms with Crippen molar-refractivity contribution in [1.82, 2.24) is 0 Å². The molecule has 0 aliphatic rings. The number of hydrogen-bond donors (Lipinski definition) is 0. The lowest BCUT2D eigenvalue weighted by Crippen LogP contribution is -2.20. The molecular weight excluding hydrogens is 347 g/mol. The van der Waals surface area contributed by atoms with Gasteiger partial charge in [-0.2, -0.15) is 0 Å². The second-order valence-corrected chi connectivity index (χ2v) is 7.42. The van der Waals surface area contributed by atoms with Gasteiger partial charge in [0.1, 0.15) is 5.82 Å². The van der Waals surface area contributed by atoms with Crippen LogP contribution in [0.4, 0.5) is 4.39 Å². The zero-order chi connectivity index (χ0) is 13.1. The van der Waals surface area contributed by atoms with Crippen molar-refractivity contribution in [2.45, 2.75) is 44.9 Å². The van der Waals surface area contributed by atoms with Gasteiger partial charge in [-0.1, -0.05) is 52.6 Å². The van der Waals surface area contributed by atoms with Gasteiger partial charge in [-0.25, -0.2) is 4.39 Å². The van der Waals surface area contributed by atoms with Crippen molar-refractivity contribution >= 4 is 31.9 Å². The molecule has 0 saturated heterocycles. The van der Waals surface area contributed by atoms with Crippen LogP contribution >= 0.6 is 31.9 Å². The van der Waals surface area contributed by atoms with Crippen molar-refractivity contribution < 1.29 is 4.39 Å². The highest BCUT2D eigenvalue weighted by Crippen LogP contribution is 2.30. The Morgan fingerprint density at radius 3 is 2.53 bits per heavy atom. The molecule has 0 heterocycles. The SMILES string of the molecule is CC(C)(C)C(Br)CCCc1cc(F)ccc1Br. The highest BCUT2D eigenvalue weighted by atomic mass is 79.9. The standard InChI is InChI=1S/C14H19Br2F/c1-14(2,3)13(16)6-4-5-10-9-11(17)7-8-12(10)15/h7-9,13H,4-6H2,1-3H3. The van der Waals surface area contributed by atoms with Crippen LogP contribution in [-0.4, -0.2) is 4.83 Å². The molecule has 0 aliphatic heterocycles. The first kappa shape index (κ1) is 15.2.